The van der Waals surface area contributed by atoms with E-state index in [0.29, 0.717) is 0 Å². The van der Waals surface area contributed by atoms with Crippen molar-refractivity contribution in [3.63, 3.8) is 0 Å². The van der Waals surface area contributed by atoms with E-state index in [1.165, 1.54) is 17.5 Å². The predicted octanol–water partition coefficient (Wildman–Crippen LogP) is 2.36. The van der Waals surface area contributed by atoms with E-state index in [2.05, 4.69) is 43.0 Å². The molecule has 0 saturated carbocycles. The average Bonchev–Trinajstić information content (AvgIpc) is 2.47. The lowest BCUT2D eigenvalue weighted by Gasteiger charge is -2.35. The van der Waals surface area contributed by atoms with E-state index in [9.17, 15) is 0 Å². The summed E-state index contributed by atoms with van der Waals surface area (Å²) in [4.78, 5) is 2.46. The minimum atomic E-state index is -0.0221. The van der Waals surface area contributed by atoms with E-state index in [0.717, 1.165) is 32.7 Å². The van der Waals surface area contributed by atoms with Gasteiger partial charge in [0.05, 0.1) is 18.8 Å². The van der Waals surface area contributed by atoms with Crippen LogP contribution in [0.2, 0.25) is 0 Å². The highest BCUT2D eigenvalue weighted by Gasteiger charge is 2.26. The number of hydrogen-bond acceptors (Lipinski definition) is 3. The Morgan fingerprint density at radius 3 is 3.00 bits per heavy atom. The normalized spacial score (nSPS) is 22.4. The highest BCUT2D eigenvalue weighted by molar-refractivity contribution is 5.26. The first-order valence-electron chi connectivity index (χ1n) is 7.43. The monoisotopic (exact) mass is 262 g/mol. The smallest absolute Gasteiger partial charge is 0.0894 e. The second-order valence-electron chi connectivity index (χ2n) is 5.33. The Morgan fingerprint density at radius 2 is 2.26 bits per heavy atom. The first kappa shape index (κ1) is 14.5. The van der Waals surface area contributed by atoms with Gasteiger partial charge in [-0.1, -0.05) is 38.1 Å². The molecule has 2 N–H and O–H groups in total. The summed E-state index contributed by atoms with van der Waals surface area (Å²) in [6.45, 7) is 8.31. The van der Waals surface area contributed by atoms with E-state index in [4.69, 9.17) is 10.5 Å². The molecule has 1 fully saturated rings. The lowest BCUT2D eigenvalue weighted by molar-refractivity contribution is -0.0408. The van der Waals surface area contributed by atoms with Gasteiger partial charge in [0, 0.05) is 13.1 Å². The molecule has 1 aliphatic rings. The molecule has 0 aromatic heterocycles. The van der Waals surface area contributed by atoms with Crippen molar-refractivity contribution < 1.29 is 4.74 Å². The fourth-order valence-corrected chi connectivity index (χ4v) is 2.70. The van der Waals surface area contributed by atoms with E-state index in [1.54, 1.807) is 0 Å². The summed E-state index contributed by atoms with van der Waals surface area (Å²) >= 11 is 0. The molecule has 1 heterocycles. The van der Waals surface area contributed by atoms with Crippen LogP contribution in [0.3, 0.4) is 0 Å². The molecular weight excluding hydrogens is 236 g/mol. The summed E-state index contributed by atoms with van der Waals surface area (Å²) in [5.74, 6) is 0. The summed E-state index contributed by atoms with van der Waals surface area (Å²) in [7, 11) is 0. The second-order valence-corrected chi connectivity index (χ2v) is 5.33. The van der Waals surface area contributed by atoms with Gasteiger partial charge in [-0.25, -0.2) is 0 Å². The molecule has 0 aliphatic carbocycles. The Kier molecular flexibility index (Phi) is 5.37. The Hall–Kier alpha value is -0.900. The minimum absolute atomic E-state index is 0.0221. The lowest BCUT2D eigenvalue weighted by atomic mass is 9.98. The Bertz CT molecular complexity index is 392. The van der Waals surface area contributed by atoms with Gasteiger partial charge in [0.1, 0.15) is 0 Å². The van der Waals surface area contributed by atoms with Gasteiger partial charge in [-0.3, -0.25) is 4.90 Å². The fourth-order valence-electron chi connectivity index (χ4n) is 2.70. The topological polar surface area (TPSA) is 38.5 Å². The van der Waals surface area contributed by atoms with E-state index >= 15 is 0 Å². The second kappa shape index (κ2) is 7.04. The summed E-state index contributed by atoms with van der Waals surface area (Å²) < 4.78 is 5.88. The molecule has 19 heavy (non-hydrogen) atoms. The molecule has 2 unspecified atom stereocenters. The van der Waals surface area contributed by atoms with Crippen molar-refractivity contribution in [2.75, 3.05) is 26.2 Å². The largest absolute Gasteiger partial charge is 0.374 e. The Labute approximate surface area is 116 Å². The SMILES string of the molecule is CCCN1CCOC(C(N)c2cccc(CC)c2)C1. The van der Waals surface area contributed by atoms with Gasteiger partial charge in [-0.15, -0.1) is 0 Å². The number of hydrogen-bond donors (Lipinski definition) is 1. The number of rotatable bonds is 5. The van der Waals surface area contributed by atoms with Crippen LogP contribution < -0.4 is 5.73 Å². The summed E-state index contributed by atoms with van der Waals surface area (Å²) in [5, 5.41) is 0. The van der Waals surface area contributed by atoms with Crippen LogP contribution >= 0.6 is 0 Å². The molecule has 1 saturated heterocycles. The third kappa shape index (κ3) is 3.78. The van der Waals surface area contributed by atoms with Crippen LogP contribution in [-0.4, -0.2) is 37.2 Å². The van der Waals surface area contributed by atoms with Crippen LogP contribution in [0.5, 0.6) is 0 Å². The molecule has 2 rings (SSSR count). The summed E-state index contributed by atoms with van der Waals surface area (Å²) in [6.07, 6.45) is 2.36. The van der Waals surface area contributed by atoms with Crippen molar-refractivity contribution in [3.8, 4) is 0 Å². The molecule has 0 radical (unpaired) electrons. The number of nitrogens with two attached hydrogens (primary N) is 1. The molecule has 0 spiro atoms. The Morgan fingerprint density at radius 1 is 1.42 bits per heavy atom. The standard InChI is InChI=1S/C16H26N2O/c1-3-8-18-9-10-19-15(12-18)16(17)14-7-5-6-13(4-2)11-14/h5-7,11,15-16H,3-4,8-10,12,17H2,1-2H3. The predicted molar refractivity (Wildman–Crippen MR) is 79.2 cm³/mol. The van der Waals surface area contributed by atoms with Gasteiger partial charge in [-0.2, -0.15) is 0 Å². The van der Waals surface area contributed by atoms with Gasteiger partial charge < -0.3 is 10.5 Å². The molecule has 2 atom stereocenters. The highest BCUT2D eigenvalue weighted by atomic mass is 16.5. The van der Waals surface area contributed by atoms with Crippen molar-refractivity contribution in [1.29, 1.82) is 0 Å². The number of ether oxygens (including phenoxy) is 1. The van der Waals surface area contributed by atoms with Gasteiger partial charge in [0.2, 0.25) is 0 Å². The first-order chi connectivity index (χ1) is 9.24. The minimum Gasteiger partial charge on any atom is -0.374 e. The van der Waals surface area contributed by atoms with Crippen LogP contribution in [0.15, 0.2) is 24.3 Å². The Balaban J connectivity index is 2.03. The fraction of sp³-hybridized carbons (Fsp3) is 0.625. The van der Waals surface area contributed by atoms with E-state index < -0.39 is 0 Å². The highest BCUT2D eigenvalue weighted by Crippen LogP contribution is 2.21. The molecular formula is C16H26N2O. The summed E-state index contributed by atoms with van der Waals surface area (Å²) in [6, 6.07) is 8.56. The molecule has 3 heteroatoms. The van der Waals surface area contributed by atoms with Gasteiger partial charge >= 0.3 is 0 Å². The third-order valence-corrected chi connectivity index (χ3v) is 3.86. The van der Waals surface area contributed by atoms with Crippen molar-refractivity contribution in [3.05, 3.63) is 35.4 Å². The molecule has 3 nitrogen and oxygen atoms in total. The van der Waals surface area contributed by atoms with Gasteiger partial charge in [-0.05, 0) is 30.5 Å². The number of benzene rings is 1. The third-order valence-electron chi connectivity index (χ3n) is 3.86. The van der Waals surface area contributed by atoms with Crippen LogP contribution in [0, 0.1) is 0 Å². The number of nitrogens with zero attached hydrogens (tertiary/aromatic N) is 1. The molecule has 1 aliphatic heterocycles. The molecule has 0 amide bonds. The number of morpholine rings is 1. The van der Waals surface area contributed by atoms with Gasteiger partial charge in [0.15, 0.2) is 0 Å². The lowest BCUT2D eigenvalue weighted by Crippen LogP contribution is -2.47. The number of aryl methyl sites for hydroxylation is 1. The maximum atomic E-state index is 6.40. The zero-order valence-electron chi connectivity index (χ0n) is 12.1. The van der Waals surface area contributed by atoms with Crippen LogP contribution in [-0.2, 0) is 11.2 Å². The average molecular weight is 262 g/mol. The van der Waals surface area contributed by atoms with Crippen LogP contribution in [0.25, 0.3) is 0 Å². The summed E-state index contributed by atoms with van der Waals surface area (Å²) in [5.41, 5.74) is 8.94. The molecule has 1 aromatic rings. The van der Waals surface area contributed by atoms with Crippen molar-refractivity contribution in [2.24, 2.45) is 5.73 Å². The van der Waals surface area contributed by atoms with E-state index in [1.807, 2.05) is 0 Å². The van der Waals surface area contributed by atoms with E-state index in [-0.39, 0.29) is 12.1 Å². The quantitative estimate of drug-likeness (QED) is 0.885. The van der Waals surface area contributed by atoms with Crippen LogP contribution in [0.4, 0.5) is 0 Å². The maximum absolute atomic E-state index is 6.40. The first-order valence-corrected chi connectivity index (χ1v) is 7.43. The van der Waals surface area contributed by atoms with Gasteiger partial charge in [0.25, 0.3) is 0 Å². The van der Waals surface area contributed by atoms with Crippen molar-refractivity contribution in [1.82, 2.24) is 4.90 Å². The molecule has 0 bridgehead atoms. The molecule has 106 valence electrons. The maximum Gasteiger partial charge on any atom is 0.0894 e. The van der Waals surface area contributed by atoms with Crippen molar-refractivity contribution >= 4 is 0 Å². The van der Waals surface area contributed by atoms with Crippen LogP contribution in [0.1, 0.15) is 37.4 Å². The zero-order chi connectivity index (χ0) is 13.7. The zero-order valence-corrected chi connectivity index (χ0v) is 12.1. The van der Waals surface area contributed by atoms with Crippen molar-refractivity contribution in [2.45, 2.75) is 38.8 Å². The molecule has 1 aromatic carbocycles.